The molecule has 0 radical (unpaired) electrons. The number of benzene rings is 1. The van der Waals surface area contributed by atoms with Crippen LogP contribution in [0, 0.1) is 5.41 Å². The van der Waals surface area contributed by atoms with Crippen molar-refractivity contribution in [3.63, 3.8) is 0 Å². The molecule has 0 fully saturated rings. The van der Waals surface area contributed by atoms with Crippen LogP contribution in [-0.2, 0) is 6.18 Å². The molecule has 19 heavy (non-hydrogen) atoms. The van der Waals surface area contributed by atoms with Gasteiger partial charge in [0.2, 0.25) is 0 Å². The van der Waals surface area contributed by atoms with Crippen molar-refractivity contribution in [1.82, 2.24) is 0 Å². The summed E-state index contributed by atoms with van der Waals surface area (Å²) in [5.41, 5.74) is 0.0261. The molecule has 0 spiro atoms. The van der Waals surface area contributed by atoms with E-state index in [0.717, 1.165) is 18.6 Å². The van der Waals surface area contributed by atoms with Crippen molar-refractivity contribution in [1.29, 1.82) is 0 Å². The molecule has 0 heterocycles. The van der Waals surface area contributed by atoms with Crippen LogP contribution in [0.5, 0.6) is 0 Å². The molecule has 1 N–H and O–H groups in total. The first kappa shape index (κ1) is 16.2. The first-order valence-corrected chi connectivity index (χ1v) is 6.68. The van der Waals surface area contributed by atoms with Gasteiger partial charge in [-0.1, -0.05) is 20.8 Å². The van der Waals surface area contributed by atoms with Gasteiger partial charge >= 0.3 is 6.18 Å². The van der Waals surface area contributed by atoms with Crippen molar-refractivity contribution < 1.29 is 13.2 Å². The van der Waals surface area contributed by atoms with Crippen LogP contribution < -0.4 is 5.32 Å². The highest BCUT2D eigenvalue weighted by molar-refractivity contribution is 6.17. The van der Waals surface area contributed by atoms with Gasteiger partial charge in [0.25, 0.3) is 0 Å². The van der Waals surface area contributed by atoms with Gasteiger partial charge in [-0.2, -0.15) is 13.2 Å². The van der Waals surface area contributed by atoms with Gasteiger partial charge in [0.1, 0.15) is 0 Å². The number of nitrogens with one attached hydrogen (secondary N) is 1. The maximum absolute atomic E-state index is 12.5. The van der Waals surface area contributed by atoms with Gasteiger partial charge in [0.15, 0.2) is 0 Å². The third-order valence-electron chi connectivity index (χ3n) is 3.00. The molecule has 1 aromatic rings. The topological polar surface area (TPSA) is 12.0 Å². The molecular weight excluding hydrogens is 275 g/mol. The van der Waals surface area contributed by atoms with Gasteiger partial charge in [0, 0.05) is 17.6 Å². The maximum Gasteiger partial charge on any atom is 0.416 e. The third kappa shape index (κ3) is 4.94. The summed E-state index contributed by atoms with van der Waals surface area (Å²) in [6.45, 7) is 6.21. The van der Waals surface area contributed by atoms with E-state index in [1.54, 1.807) is 0 Å². The van der Waals surface area contributed by atoms with Crippen LogP contribution in [0.3, 0.4) is 0 Å². The Hall–Kier alpha value is -0.900. The molecule has 0 saturated heterocycles. The average molecular weight is 294 g/mol. The van der Waals surface area contributed by atoms with E-state index < -0.39 is 11.7 Å². The van der Waals surface area contributed by atoms with E-state index in [-0.39, 0.29) is 11.5 Å². The van der Waals surface area contributed by atoms with E-state index in [1.165, 1.54) is 12.1 Å². The number of hydrogen-bond donors (Lipinski definition) is 1. The lowest BCUT2D eigenvalue weighted by Crippen LogP contribution is -2.34. The molecule has 0 aliphatic rings. The Morgan fingerprint density at radius 2 is 1.63 bits per heavy atom. The van der Waals surface area contributed by atoms with E-state index in [0.29, 0.717) is 11.6 Å². The van der Waals surface area contributed by atoms with Crippen molar-refractivity contribution in [2.75, 3.05) is 11.2 Å². The summed E-state index contributed by atoms with van der Waals surface area (Å²) in [5, 5.41) is 3.25. The lowest BCUT2D eigenvalue weighted by molar-refractivity contribution is -0.137. The van der Waals surface area contributed by atoms with E-state index in [9.17, 15) is 13.2 Å². The van der Waals surface area contributed by atoms with Crippen LogP contribution in [0.4, 0.5) is 18.9 Å². The van der Waals surface area contributed by atoms with Crippen LogP contribution >= 0.6 is 11.6 Å². The summed E-state index contributed by atoms with van der Waals surface area (Å²) in [7, 11) is 0. The summed E-state index contributed by atoms with van der Waals surface area (Å²) in [5.74, 6) is 0.509. The molecule has 0 amide bonds. The SMILES string of the molecule is CC(C)(C)C(CCCl)Nc1ccc(C(F)(F)F)cc1. The zero-order valence-corrected chi connectivity index (χ0v) is 12.1. The minimum atomic E-state index is -4.29. The molecule has 1 aromatic carbocycles. The van der Waals surface area contributed by atoms with Crippen LogP contribution in [0.1, 0.15) is 32.8 Å². The second kappa shape index (κ2) is 6.04. The van der Waals surface area contributed by atoms with Crippen molar-refractivity contribution >= 4 is 17.3 Å². The smallest absolute Gasteiger partial charge is 0.382 e. The summed E-state index contributed by atoms with van der Waals surface area (Å²) in [4.78, 5) is 0. The molecule has 1 nitrogen and oxygen atoms in total. The first-order chi connectivity index (χ1) is 8.64. The van der Waals surface area contributed by atoms with Gasteiger partial charge in [-0.15, -0.1) is 11.6 Å². The average Bonchev–Trinajstić information content (AvgIpc) is 2.26. The molecule has 0 aliphatic carbocycles. The van der Waals surface area contributed by atoms with Gasteiger partial charge in [-0.05, 0) is 36.1 Å². The van der Waals surface area contributed by atoms with E-state index in [1.807, 2.05) is 0 Å². The Morgan fingerprint density at radius 1 is 1.11 bits per heavy atom. The molecule has 0 aliphatic heterocycles. The van der Waals surface area contributed by atoms with Gasteiger partial charge in [-0.25, -0.2) is 0 Å². The predicted molar refractivity (Wildman–Crippen MR) is 73.6 cm³/mol. The summed E-state index contributed by atoms with van der Waals surface area (Å²) in [6, 6.07) is 5.19. The second-order valence-corrected chi connectivity index (χ2v) is 5.99. The fourth-order valence-corrected chi connectivity index (χ4v) is 2.01. The quantitative estimate of drug-likeness (QED) is 0.756. The molecule has 1 rings (SSSR count). The Balaban J connectivity index is 2.81. The summed E-state index contributed by atoms with van der Waals surface area (Å²) in [6.07, 6.45) is -3.54. The Morgan fingerprint density at radius 3 is 2.00 bits per heavy atom. The number of hydrogen-bond acceptors (Lipinski definition) is 1. The highest BCUT2D eigenvalue weighted by Gasteiger charge is 2.30. The van der Waals surface area contributed by atoms with Crippen LogP contribution in [0.2, 0.25) is 0 Å². The zero-order chi connectivity index (χ0) is 14.7. The zero-order valence-electron chi connectivity index (χ0n) is 11.3. The Labute approximate surface area is 117 Å². The lowest BCUT2D eigenvalue weighted by atomic mass is 9.85. The maximum atomic E-state index is 12.5. The minimum absolute atomic E-state index is 0.0163. The van der Waals surface area contributed by atoms with E-state index in [4.69, 9.17) is 11.6 Å². The predicted octanol–water partition coefficient (Wildman–Crippen LogP) is 5.16. The van der Waals surface area contributed by atoms with Gasteiger partial charge < -0.3 is 5.32 Å². The van der Waals surface area contributed by atoms with Crippen LogP contribution in [0.25, 0.3) is 0 Å². The largest absolute Gasteiger partial charge is 0.416 e. The lowest BCUT2D eigenvalue weighted by Gasteiger charge is -2.32. The van der Waals surface area contributed by atoms with Crippen molar-refractivity contribution in [3.05, 3.63) is 29.8 Å². The highest BCUT2D eigenvalue weighted by Crippen LogP contribution is 2.31. The number of halogens is 4. The van der Waals surface area contributed by atoms with E-state index >= 15 is 0 Å². The Bertz CT molecular complexity index is 393. The number of alkyl halides is 4. The van der Waals surface area contributed by atoms with Crippen molar-refractivity contribution in [2.45, 2.75) is 39.4 Å². The highest BCUT2D eigenvalue weighted by atomic mass is 35.5. The van der Waals surface area contributed by atoms with Gasteiger partial charge in [-0.3, -0.25) is 0 Å². The van der Waals surface area contributed by atoms with E-state index in [2.05, 4.69) is 26.1 Å². The number of rotatable bonds is 4. The van der Waals surface area contributed by atoms with Crippen LogP contribution in [-0.4, -0.2) is 11.9 Å². The molecular formula is C14H19ClF3N. The third-order valence-corrected chi connectivity index (χ3v) is 3.21. The monoisotopic (exact) mass is 293 g/mol. The normalized spacial score (nSPS) is 14.3. The molecule has 108 valence electrons. The summed E-state index contributed by atoms with van der Waals surface area (Å²) >= 11 is 5.76. The standard InChI is InChI=1S/C14H19ClF3N/c1-13(2,3)12(8-9-15)19-11-6-4-10(5-7-11)14(16,17)18/h4-7,12,19H,8-9H2,1-3H3. The number of anilines is 1. The van der Waals surface area contributed by atoms with Crippen molar-refractivity contribution in [3.8, 4) is 0 Å². The fraction of sp³-hybridized carbons (Fsp3) is 0.571. The Kier molecular flexibility index (Phi) is 5.13. The molecule has 0 aromatic heterocycles. The first-order valence-electron chi connectivity index (χ1n) is 6.14. The molecule has 1 unspecified atom stereocenters. The van der Waals surface area contributed by atoms with Gasteiger partial charge in [0.05, 0.1) is 5.56 Å². The molecule has 1 atom stereocenters. The molecule has 0 saturated carbocycles. The summed E-state index contributed by atoms with van der Waals surface area (Å²) < 4.78 is 37.4. The minimum Gasteiger partial charge on any atom is -0.382 e. The molecule has 5 heteroatoms. The molecule has 0 bridgehead atoms. The van der Waals surface area contributed by atoms with Crippen LogP contribution in [0.15, 0.2) is 24.3 Å². The second-order valence-electron chi connectivity index (χ2n) is 5.62. The fourth-order valence-electron chi connectivity index (χ4n) is 1.79. The van der Waals surface area contributed by atoms with Crippen molar-refractivity contribution in [2.24, 2.45) is 5.41 Å².